The number of Topliss-reactive ketones (excluding diaryl/α,β-unsaturated/α-hetero) is 1. The van der Waals surface area contributed by atoms with Gasteiger partial charge in [-0.3, -0.25) is 4.79 Å². The van der Waals surface area contributed by atoms with E-state index in [-0.39, 0.29) is 17.7 Å². The average Bonchev–Trinajstić information content (AvgIpc) is 2.17. The third kappa shape index (κ3) is 2.24. The van der Waals surface area contributed by atoms with E-state index in [9.17, 15) is 4.79 Å². The zero-order valence-corrected chi connectivity index (χ0v) is 7.94. The largest absolute Gasteiger partial charge is 0.467 e. The van der Waals surface area contributed by atoms with Crippen molar-refractivity contribution in [3.05, 3.63) is 18.0 Å². The molecule has 0 saturated heterocycles. The maximum atomic E-state index is 11.4. The number of ether oxygens (including phenoxy) is 1. The normalized spacial score (nSPS) is 10.2. The lowest BCUT2D eigenvalue weighted by atomic mass is 10.0. The highest BCUT2D eigenvalue weighted by atomic mass is 16.5. The second-order valence-electron chi connectivity index (χ2n) is 2.98. The molecular formula is C9H12N2O2. The zero-order valence-electron chi connectivity index (χ0n) is 7.94. The van der Waals surface area contributed by atoms with Gasteiger partial charge in [-0.25, -0.2) is 9.97 Å². The van der Waals surface area contributed by atoms with Crippen molar-refractivity contribution >= 4 is 5.78 Å². The highest BCUT2D eigenvalue weighted by Gasteiger charge is 2.10. The van der Waals surface area contributed by atoms with E-state index in [2.05, 4.69) is 9.97 Å². The summed E-state index contributed by atoms with van der Waals surface area (Å²) in [5.41, 5.74) is 0.524. The fourth-order valence-electron chi connectivity index (χ4n) is 0.882. The Morgan fingerprint density at radius 2 is 1.92 bits per heavy atom. The SMILES string of the molecule is COc1ncc(C(=O)C(C)C)cn1. The van der Waals surface area contributed by atoms with Crippen molar-refractivity contribution in [3.63, 3.8) is 0 Å². The third-order valence-corrected chi connectivity index (χ3v) is 1.62. The molecular weight excluding hydrogens is 168 g/mol. The van der Waals surface area contributed by atoms with Crippen molar-refractivity contribution < 1.29 is 9.53 Å². The van der Waals surface area contributed by atoms with Crippen LogP contribution in [0.1, 0.15) is 24.2 Å². The van der Waals surface area contributed by atoms with Crippen LogP contribution >= 0.6 is 0 Å². The molecule has 1 aromatic rings. The van der Waals surface area contributed by atoms with Gasteiger partial charge in [0, 0.05) is 18.3 Å². The number of ketones is 1. The molecule has 0 aliphatic carbocycles. The van der Waals surface area contributed by atoms with Crippen molar-refractivity contribution in [2.75, 3.05) is 7.11 Å². The Bertz CT molecular complexity index is 293. The van der Waals surface area contributed by atoms with Crippen molar-refractivity contribution in [2.45, 2.75) is 13.8 Å². The highest BCUT2D eigenvalue weighted by molar-refractivity contribution is 5.96. The molecule has 0 unspecified atom stereocenters. The first-order valence-corrected chi connectivity index (χ1v) is 4.05. The molecule has 0 amide bonds. The molecule has 0 fully saturated rings. The van der Waals surface area contributed by atoms with Gasteiger partial charge in [0.1, 0.15) is 0 Å². The summed E-state index contributed by atoms with van der Waals surface area (Å²) >= 11 is 0. The fraction of sp³-hybridized carbons (Fsp3) is 0.444. The first-order valence-electron chi connectivity index (χ1n) is 4.05. The van der Waals surface area contributed by atoms with Gasteiger partial charge in [-0.1, -0.05) is 13.8 Å². The summed E-state index contributed by atoms with van der Waals surface area (Å²) in [7, 11) is 1.49. The number of rotatable bonds is 3. The lowest BCUT2D eigenvalue weighted by molar-refractivity contribution is 0.0938. The Kier molecular flexibility index (Phi) is 2.95. The van der Waals surface area contributed by atoms with E-state index in [4.69, 9.17) is 4.74 Å². The molecule has 0 aromatic carbocycles. The Balaban J connectivity index is 2.86. The molecule has 1 aromatic heterocycles. The fourth-order valence-corrected chi connectivity index (χ4v) is 0.882. The second-order valence-corrected chi connectivity index (χ2v) is 2.98. The molecule has 4 nitrogen and oxygen atoms in total. The maximum absolute atomic E-state index is 11.4. The molecule has 0 aliphatic rings. The molecule has 0 radical (unpaired) electrons. The average molecular weight is 180 g/mol. The molecule has 1 heterocycles. The zero-order chi connectivity index (χ0) is 9.84. The Morgan fingerprint density at radius 3 is 2.31 bits per heavy atom. The summed E-state index contributed by atoms with van der Waals surface area (Å²) < 4.78 is 4.78. The van der Waals surface area contributed by atoms with E-state index < -0.39 is 0 Å². The van der Waals surface area contributed by atoms with Gasteiger partial charge in [0.15, 0.2) is 5.78 Å². The van der Waals surface area contributed by atoms with Crippen LogP contribution in [0.3, 0.4) is 0 Å². The molecule has 0 bridgehead atoms. The lowest BCUT2D eigenvalue weighted by Crippen LogP contribution is -2.08. The Labute approximate surface area is 77.0 Å². The van der Waals surface area contributed by atoms with Crippen molar-refractivity contribution in [2.24, 2.45) is 5.92 Å². The molecule has 0 atom stereocenters. The Hall–Kier alpha value is -1.45. The minimum absolute atomic E-state index is 0.0306. The van der Waals surface area contributed by atoms with Gasteiger partial charge >= 0.3 is 6.01 Å². The van der Waals surface area contributed by atoms with E-state index in [0.717, 1.165) is 0 Å². The van der Waals surface area contributed by atoms with Crippen molar-refractivity contribution in [1.29, 1.82) is 0 Å². The molecule has 70 valence electrons. The quantitative estimate of drug-likeness (QED) is 0.658. The number of nitrogens with zero attached hydrogens (tertiary/aromatic N) is 2. The van der Waals surface area contributed by atoms with Crippen molar-refractivity contribution in [3.8, 4) is 6.01 Å². The van der Waals surface area contributed by atoms with E-state index in [1.165, 1.54) is 19.5 Å². The molecule has 1 rings (SSSR count). The van der Waals surface area contributed by atoms with Crippen molar-refractivity contribution in [1.82, 2.24) is 9.97 Å². The summed E-state index contributed by atoms with van der Waals surface area (Å²) in [6, 6.07) is 0.278. The van der Waals surface area contributed by atoms with Crippen LogP contribution < -0.4 is 4.74 Å². The van der Waals surface area contributed by atoms with Gasteiger partial charge in [0.25, 0.3) is 0 Å². The lowest BCUT2D eigenvalue weighted by Gasteiger charge is -2.03. The van der Waals surface area contributed by atoms with E-state index in [0.29, 0.717) is 5.56 Å². The predicted octanol–water partition coefficient (Wildman–Crippen LogP) is 1.32. The van der Waals surface area contributed by atoms with E-state index in [1.54, 1.807) is 0 Å². The van der Waals surface area contributed by atoms with Crippen LogP contribution in [0, 0.1) is 5.92 Å². The smallest absolute Gasteiger partial charge is 0.316 e. The topological polar surface area (TPSA) is 52.1 Å². The second kappa shape index (κ2) is 3.98. The minimum Gasteiger partial charge on any atom is -0.467 e. The van der Waals surface area contributed by atoms with Crippen LogP contribution in [0.5, 0.6) is 6.01 Å². The van der Waals surface area contributed by atoms with Gasteiger partial charge in [0.2, 0.25) is 0 Å². The number of carbonyl (C=O) groups excluding carboxylic acids is 1. The van der Waals surface area contributed by atoms with Crippen LogP contribution in [0.15, 0.2) is 12.4 Å². The van der Waals surface area contributed by atoms with Crippen LogP contribution in [0.25, 0.3) is 0 Å². The molecule has 13 heavy (non-hydrogen) atoms. The number of hydrogen-bond donors (Lipinski definition) is 0. The Morgan fingerprint density at radius 1 is 1.38 bits per heavy atom. The minimum atomic E-state index is -0.0306. The summed E-state index contributed by atoms with van der Waals surface area (Å²) in [6.45, 7) is 3.68. The molecule has 0 spiro atoms. The standard InChI is InChI=1S/C9H12N2O2/c1-6(2)8(12)7-4-10-9(13-3)11-5-7/h4-6H,1-3H3. The van der Waals surface area contributed by atoms with Crippen LogP contribution in [0.2, 0.25) is 0 Å². The summed E-state index contributed by atoms with van der Waals surface area (Å²) in [5.74, 6) is 0.0136. The van der Waals surface area contributed by atoms with Crippen LogP contribution in [0.4, 0.5) is 0 Å². The first kappa shape index (κ1) is 9.64. The van der Waals surface area contributed by atoms with Gasteiger partial charge < -0.3 is 4.74 Å². The van der Waals surface area contributed by atoms with Gasteiger partial charge in [0.05, 0.1) is 12.7 Å². The number of carbonyl (C=O) groups is 1. The van der Waals surface area contributed by atoms with Gasteiger partial charge in [-0.05, 0) is 0 Å². The number of hydrogen-bond acceptors (Lipinski definition) is 4. The molecule has 4 heteroatoms. The predicted molar refractivity (Wildman–Crippen MR) is 47.8 cm³/mol. The monoisotopic (exact) mass is 180 g/mol. The summed E-state index contributed by atoms with van der Waals surface area (Å²) in [6.07, 6.45) is 2.96. The summed E-state index contributed by atoms with van der Waals surface area (Å²) in [5, 5.41) is 0. The molecule has 0 N–H and O–H groups in total. The van der Waals surface area contributed by atoms with E-state index >= 15 is 0 Å². The first-order chi connectivity index (χ1) is 6.15. The van der Waals surface area contributed by atoms with Crippen LogP contribution in [-0.2, 0) is 0 Å². The van der Waals surface area contributed by atoms with E-state index in [1.807, 2.05) is 13.8 Å². The maximum Gasteiger partial charge on any atom is 0.316 e. The van der Waals surface area contributed by atoms with Gasteiger partial charge in [-0.15, -0.1) is 0 Å². The molecule has 0 aliphatic heterocycles. The van der Waals surface area contributed by atoms with Gasteiger partial charge in [-0.2, -0.15) is 0 Å². The number of aromatic nitrogens is 2. The molecule has 0 saturated carbocycles. The van der Waals surface area contributed by atoms with Crippen LogP contribution in [-0.4, -0.2) is 22.9 Å². The number of methoxy groups -OCH3 is 1. The summed E-state index contributed by atoms with van der Waals surface area (Å²) in [4.78, 5) is 19.1. The highest BCUT2D eigenvalue weighted by Crippen LogP contribution is 2.07. The third-order valence-electron chi connectivity index (χ3n) is 1.62.